The second kappa shape index (κ2) is 9.69. The molecule has 28 heavy (non-hydrogen) atoms. The molecule has 5 heteroatoms. The molecular weight excluding hydrogens is 355 g/mol. The maximum Gasteiger partial charge on any atom is 0.254 e. The standard InChI is InChI=1S/C23H29FN2O2/c1-18(2)17-28-21-9-5-8-19(15-21)23(27)26-12-6-11-25(13-14-26)16-20-7-3-4-10-22(20)24/h3-5,7-10,15,18H,6,11-14,16-17H2,1-2H3. The van der Waals surface area contributed by atoms with Crippen molar-refractivity contribution in [1.29, 1.82) is 0 Å². The first-order valence-corrected chi connectivity index (χ1v) is 10.0. The summed E-state index contributed by atoms with van der Waals surface area (Å²) in [6.45, 7) is 8.35. The maximum absolute atomic E-state index is 13.9. The molecule has 1 fully saturated rings. The average molecular weight is 384 g/mol. The van der Waals surface area contributed by atoms with Gasteiger partial charge in [-0.05, 0) is 36.6 Å². The quantitative estimate of drug-likeness (QED) is 0.748. The molecule has 0 aromatic heterocycles. The minimum atomic E-state index is -0.169. The maximum atomic E-state index is 13.9. The van der Waals surface area contributed by atoms with Crippen LogP contribution in [0.4, 0.5) is 4.39 Å². The number of halogens is 1. The number of carbonyl (C=O) groups is 1. The molecule has 0 atom stereocenters. The van der Waals surface area contributed by atoms with Crippen LogP contribution in [0.15, 0.2) is 48.5 Å². The molecule has 4 nitrogen and oxygen atoms in total. The van der Waals surface area contributed by atoms with Crippen LogP contribution in [0.1, 0.15) is 36.2 Å². The third-order valence-corrected chi connectivity index (χ3v) is 4.89. The van der Waals surface area contributed by atoms with Gasteiger partial charge in [-0.25, -0.2) is 4.39 Å². The van der Waals surface area contributed by atoms with Gasteiger partial charge in [-0.3, -0.25) is 9.69 Å². The predicted octanol–water partition coefficient (Wildman–Crippen LogP) is 4.21. The lowest BCUT2D eigenvalue weighted by Crippen LogP contribution is -2.35. The van der Waals surface area contributed by atoms with Crippen LogP contribution >= 0.6 is 0 Å². The first kappa shape index (κ1) is 20.3. The summed E-state index contributed by atoms with van der Waals surface area (Å²) in [6, 6.07) is 14.3. The second-order valence-corrected chi connectivity index (χ2v) is 7.75. The van der Waals surface area contributed by atoms with Crippen molar-refractivity contribution in [2.75, 3.05) is 32.8 Å². The third kappa shape index (κ3) is 5.55. The Morgan fingerprint density at radius 3 is 2.68 bits per heavy atom. The van der Waals surface area contributed by atoms with Gasteiger partial charge in [-0.1, -0.05) is 38.1 Å². The van der Waals surface area contributed by atoms with Gasteiger partial charge in [0.2, 0.25) is 0 Å². The topological polar surface area (TPSA) is 32.8 Å². The van der Waals surface area contributed by atoms with Crippen molar-refractivity contribution >= 4 is 5.91 Å². The molecule has 2 aromatic carbocycles. The summed E-state index contributed by atoms with van der Waals surface area (Å²) in [5.41, 5.74) is 1.36. The molecule has 0 N–H and O–H groups in total. The summed E-state index contributed by atoms with van der Waals surface area (Å²) >= 11 is 0. The lowest BCUT2D eigenvalue weighted by Gasteiger charge is -2.22. The van der Waals surface area contributed by atoms with E-state index in [2.05, 4.69) is 18.7 Å². The van der Waals surface area contributed by atoms with Crippen molar-refractivity contribution in [3.63, 3.8) is 0 Å². The van der Waals surface area contributed by atoms with Crippen molar-refractivity contribution in [3.05, 3.63) is 65.5 Å². The average Bonchev–Trinajstić information content (AvgIpc) is 2.93. The number of hydrogen-bond donors (Lipinski definition) is 0. The van der Waals surface area contributed by atoms with E-state index in [1.807, 2.05) is 41.3 Å². The van der Waals surface area contributed by atoms with E-state index in [9.17, 15) is 9.18 Å². The first-order chi connectivity index (χ1) is 13.5. The lowest BCUT2D eigenvalue weighted by atomic mass is 10.1. The van der Waals surface area contributed by atoms with Crippen LogP contribution in [0.5, 0.6) is 5.75 Å². The fourth-order valence-electron chi connectivity index (χ4n) is 3.36. The highest BCUT2D eigenvalue weighted by Crippen LogP contribution is 2.18. The third-order valence-electron chi connectivity index (χ3n) is 4.89. The monoisotopic (exact) mass is 384 g/mol. The molecule has 0 saturated carbocycles. The largest absolute Gasteiger partial charge is 0.493 e. The minimum Gasteiger partial charge on any atom is -0.493 e. The minimum absolute atomic E-state index is 0.0303. The molecule has 1 heterocycles. The number of rotatable bonds is 6. The molecule has 0 aliphatic carbocycles. The Morgan fingerprint density at radius 1 is 1.07 bits per heavy atom. The van der Waals surface area contributed by atoms with Gasteiger partial charge < -0.3 is 9.64 Å². The number of ether oxygens (including phenoxy) is 1. The molecule has 3 rings (SSSR count). The summed E-state index contributed by atoms with van der Waals surface area (Å²) in [7, 11) is 0. The molecule has 1 aliphatic heterocycles. The summed E-state index contributed by atoms with van der Waals surface area (Å²) in [6.07, 6.45) is 0.879. The van der Waals surface area contributed by atoms with Gasteiger partial charge >= 0.3 is 0 Å². The number of benzene rings is 2. The van der Waals surface area contributed by atoms with Crippen LogP contribution in [0.2, 0.25) is 0 Å². The summed E-state index contributed by atoms with van der Waals surface area (Å²) in [5, 5.41) is 0. The van der Waals surface area contributed by atoms with Crippen molar-refractivity contribution in [1.82, 2.24) is 9.80 Å². The summed E-state index contributed by atoms with van der Waals surface area (Å²) < 4.78 is 19.7. The highest BCUT2D eigenvalue weighted by atomic mass is 19.1. The Balaban J connectivity index is 1.60. The molecule has 0 bridgehead atoms. The van der Waals surface area contributed by atoms with E-state index in [-0.39, 0.29) is 11.7 Å². The molecule has 0 radical (unpaired) electrons. The highest BCUT2D eigenvalue weighted by molar-refractivity contribution is 5.94. The lowest BCUT2D eigenvalue weighted by molar-refractivity contribution is 0.0760. The van der Waals surface area contributed by atoms with E-state index in [4.69, 9.17) is 4.74 Å². The normalized spacial score (nSPS) is 15.5. The number of hydrogen-bond acceptors (Lipinski definition) is 3. The zero-order chi connectivity index (χ0) is 19.9. The Bertz CT molecular complexity index is 794. The Kier molecular flexibility index (Phi) is 7.04. The van der Waals surface area contributed by atoms with Crippen LogP contribution in [0.25, 0.3) is 0 Å². The molecule has 1 amide bonds. The fraction of sp³-hybridized carbons (Fsp3) is 0.435. The van der Waals surface area contributed by atoms with Gasteiger partial charge in [-0.2, -0.15) is 0 Å². The number of carbonyl (C=O) groups excluding carboxylic acids is 1. The van der Waals surface area contributed by atoms with Crippen molar-refractivity contribution in [2.24, 2.45) is 5.92 Å². The van der Waals surface area contributed by atoms with Crippen LogP contribution in [-0.4, -0.2) is 48.5 Å². The van der Waals surface area contributed by atoms with Crippen molar-refractivity contribution < 1.29 is 13.9 Å². The zero-order valence-electron chi connectivity index (χ0n) is 16.7. The fourth-order valence-corrected chi connectivity index (χ4v) is 3.36. The van der Waals surface area contributed by atoms with E-state index in [0.717, 1.165) is 25.3 Å². The molecular formula is C23H29FN2O2. The number of amides is 1. The van der Waals surface area contributed by atoms with Crippen molar-refractivity contribution in [2.45, 2.75) is 26.8 Å². The van der Waals surface area contributed by atoms with Gasteiger partial charge in [0.05, 0.1) is 6.61 Å². The van der Waals surface area contributed by atoms with Gasteiger partial charge in [0.25, 0.3) is 5.91 Å². The SMILES string of the molecule is CC(C)COc1cccc(C(=O)N2CCCN(Cc3ccccc3F)CC2)c1. The van der Waals surface area contributed by atoms with E-state index in [1.165, 1.54) is 6.07 Å². The molecule has 2 aromatic rings. The summed E-state index contributed by atoms with van der Waals surface area (Å²) in [5.74, 6) is 1.03. The first-order valence-electron chi connectivity index (χ1n) is 10.0. The van der Waals surface area contributed by atoms with Crippen LogP contribution in [0.3, 0.4) is 0 Å². The van der Waals surface area contributed by atoms with Gasteiger partial charge in [0.1, 0.15) is 11.6 Å². The van der Waals surface area contributed by atoms with Crippen LogP contribution in [-0.2, 0) is 6.54 Å². The van der Waals surface area contributed by atoms with E-state index >= 15 is 0 Å². The molecule has 0 unspecified atom stereocenters. The van der Waals surface area contributed by atoms with Gasteiger partial charge in [0.15, 0.2) is 0 Å². The number of nitrogens with zero attached hydrogens (tertiary/aromatic N) is 2. The second-order valence-electron chi connectivity index (χ2n) is 7.75. The van der Waals surface area contributed by atoms with E-state index in [0.29, 0.717) is 43.3 Å². The predicted molar refractivity (Wildman–Crippen MR) is 109 cm³/mol. The molecule has 150 valence electrons. The van der Waals surface area contributed by atoms with Crippen LogP contribution < -0.4 is 4.74 Å². The summed E-state index contributed by atoms with van der Waals surface area (Å²) in [4.78, 5) is 17.1. The zero-order valence-corrected chi connectivity index (χ0v) is 16.7. The van der Waals surface area contributed by atoms with E-state index in [1.54, 1.807) is 6.07 Å². The highest BCUT2D eigenvalue weighted by Gasteiger charge is 2.21. The molecule has 1 aliphatic rings. The molecule has 1 saturated heterocycles. The van der Waals surface area contributed by atoms with Crippen LogP contribution in [0, 0.1) is 11.7 Å². The van der Waals surface area contributed by atoms with Crippen molar-refractivity contribution in [3.8, 4) is 5.75 Å². The molecule has 0 spiro atoms. The van der Waals surface area contributed by atoms with Gasteiger partial charge in [-0.15, -0.1) is 0 Å². The Morgan fingerprint density at radius 2 is 1.89 bits per heavy atom. The van der Waals surface area contributed by atoms with E-state index < -0.39 is 0 Å². The van der Waals surface area contributed by atoms with Gasteiger partial charge in [0, 0.05) is 43.9 Å². The smallest absolute Gasteiger partial charge is 0.254 e. The Hall–Kier alpha value is -2.40. The Labute approximate surface area is 166 Å².